The molecule has 1 fully saturated rings. The summed E-state index contributed by atoms with van der Waals surface area (Å²) in [5.74, 6) is 1.13. The summed E-state index contributed by atoms with van der Waals surface area (Å²) in [6.07, 6.45) is 2.07. The van der Waals surface area contributed by atoms with Crippen molar-refractivity contribution < 1.29 is 27.4 Å². The molecule has 5 N–H and O–H groups in total. The van der Waals surface area contributed by atoms with Crippen LogP contribution in [0.4, 0.5) is 0 Å². The van der Waals surface area contributed by atoms with Crippen LogP contribution in [0, 0.1) is 10.8 Å². The molecule has 1 aliphatic heterocycles. The van der Waals surface area contributed by atoms with Crippen LogP contribution in [0.1, 0.15) is 48.2 Å². The van der Waals surface area contributed by atoms with Crippen LogP contribution in [0.2, 0.25) is 0 Å². The molecular formula is C32H39N5O6S. The molecule has 0 unspecified atom stereocenters. The van der Waals surface area contributed by atoms with Crippen molar-refractivity contribution in [2.24, 2.45) is 5.73 Å². The van der Waals surface area contributed by atoms with E-state index in [-0.39, 0.29) is 35.6 Å². The van der Waals surface area contributed by atoms with Crippen molar-refractivity contribution in [1.29, 1.82) is 10.8 Å². The van der Waals surface area contributed by atoms with Gasteiger partial charge in [-0.1, -0.05) is 24.3 Å². The van der Waals surface area contributed by atoms with Crippen molar-refractivity contribution in [1.82, 2.24) is 9.62 Å². The zero-order chi connectivity index (χ0) is 31.7. The SMILES string of the molecule is CCOC(=O)c1ccc(S(=O)(=O)N[C@H](COc2cccc(C(=N)N)c2)Cc2ccc(OC3CCN(C(C)=N)CC3)cc2)cc1. The monoisotopic (exact) mass is 621 g/mol. The number of hydrogen-bond acceptors (Lipinski definition) is 8. The fourth-order valence-corrected chi connectivity index (χ4v) is 6.07. The molecule has 0 saturated carbocycles. The van der Waals surface area contributed by atoms with Gasteiger partial charge in [-0.3, -0.25) is 10.8 Å². The lowest BCUT2D eigenvalue weighted by atomic mass is 10.1. The van der Waals surface area contributed by atoms with Gasteiger partial charge < -0.3 is 24.8 Å². The van der Waals surface area contributed by atoms with Crippen molar-refractivity contribution in [2.45, 2.75) is 50.2 Å². The molecule has 0 bridgehead atoms. The van der Waals surface area contributed by atoms with E-state index in [9.17, 15) is 13.2 Å². The number of amidine groups is 2. The number of benzene rings is 3. The number of piperidine rings is 1. The Labute approximate surface area is 258 Å². The maximum absolute atomic E-state index is 13.4. The highest BCUT2D eigenvalue weighted by molar-refractivity contribution is 7.89. The van der Waals surface area contributed by atoms with Gasteiger partial charge >= 0.3 is 5.97 Å². The lowest BCUT2D eigenvalue weighted by Gasteiger charge is -2.32. The highest BCUT2D eigenvalue weighted by Crippen LogP contribution is 2.21. The van der Waals surface area contributed by atoms with E-state index in [0.29, 0.717) is 23.6 Å². The van der Waals surface area contributed by atoms with Crippen molar-refractivity contribution in [3.05, 3.63) is 89.5 Å². The predicted octanol–water partition coefficient (Wildman–Crippen LogP) is 3.96. The second-order valence-corrected chi connectivity index (χ2v) is 12.3. The zero-order valence-corrected chi connectivity index (χ0v) is 25.7. The van der Waals surface area contributed by atoms with Crippen LogP contribution in [0.15, 0.2) is 77.7 Å². The normalized spacial score (nSPS) is 14.5. The molecular weight excluding hydrogens is 582 g/mol. The third kappa shape index (κ3) is 9.04. The fraction of sp³-hybridized carbons (Fsp3) is 0.344. The molecule has 1 heterocycles. The maximum Gasteiger partial charge on any atom is 0.338 e. The fourth-order valence-electron chi connectivity index (χ4n) is 4.85. The Bertz CT molecular complexity index is 1550. The highest BCUT2D eigenvalue weighted by Gasteiger charge is 2.23. The first kappa shape index (κ1) is 32.5. The molecule has 4 rings (SSSR count). The second kappa shape index (κ2) is 14.8. The minimum Gasteiger partial charge on any atom is -0.492 e. The third-order valence-corrected chi connectivity index (χ3v) is 8.75. The minimum absolute atomic E-state index is 0.00197. The Morgan fingerprint density at radius 1 is 1.00 bits per heavy atom. The molecule has 0 radical (unpaired) electrons. The summed E-state index contributed by atoms with van der Waals surface area (Å²) in [5, 5.41) is 15.5. The smallest absolute Gasteiger partial charge is 0.338 e. The second-order valence-electron chi connectivity index (χ2n) is 10.6. The van der Waals surface area contributed by atoms with Crippen molar-refractivity contribution in [2.75, 3.05) is 26.3 Å². The molecule has 1 aliphatic rings. The van der Waals surface area contributed by atoms with Crippen molar-refractivity contribution in [3.63, 3.8) is 0 Å². The Morgan fingerprint density at radius 2 is 1.68 bits per heavy atom. The van der Waals surface area contributed by atoms with Gasteiger partial charge in [0, 0.05) is 31.5 Å². The van der Waals surface area contributed by atoms with Crippen LogP contribution in [0.25, 0.3) is 0 Å². The summed E-state index contributed by atoms with van der Waals surface area (Å²) in [5.41, 5.74) is 7.24. The Morgan fingerprint density at radius 3 is 2.30 bits per heavy atom. The molecule has 1 atom stereocenters. The number of hydrogen-bond donors (Lipinski definition) is 4. The molecule has 12 heteroatoms. The lowest BCUT2D eigenvalue weighted by Crippen LogP contribution is -2.40. The van der Waals surface area contributed by atoms with Crippen LogP contribution in [-0.4, -0.2) is 69.4 Å². The largest absolute Gasteiger partial charge is 0.492 e. The molecule has 0 spiro atoms. The first-order valence-electron chi connectivity index (χ1n) is 14.5. The number of rotatable bonds is 13. The van der Waals surface area contributed by atoms with Gasteiger partial charge in [-0.15, -0.1) is 0 Å². The molecule has 1 saturated heterocycles. The predicted molar refractivity (Wildman–Crippen MR) is 168 cm³/mol. The number of nitrogen functional groups attached to an aromatic ring is 1. The van der Waals surface area contributed by atoms with Gasteiger partial charge in [0.2, 0.25) is 10.0 Å². The van der Waals surface area contributed by atoms with E-state index in [1.807, 2.05) is 29.2 Å². The number of carbonyl (C=O) groups excluding carboxylic acids is 1. The molecule has 0 aromatic heterocycles. The van der Waals surface area contributed by atoms with Gasteiger partial charge in [0.25, 0.3) is 0 Å². The van der Waals surface area contributed by atoms with E-state index in [1.165, 1.54) is 24.3 Å². The van der Waals surface area contributed by atoms with Gasteiger partial charge in [0.05, 0.1) is 28.9 Å². The molecule has 234 valence electrons. The Kier molecular flexibility index (Phi) is 11.0. The number of carbonyl (C=O) groups is 1. The minimum atomic E-state index is -3.98. The van der Waals surface area contributed by atoms with E-state index < -0.39 is 22.0 Å². The topological polar surface area (TPSA) is 168 Å². The van der Waals surface area contributed by atoms with E-state index in [4.69, 9.17) is 30.8 Å². The van der Waals surface area contributed by atoms with E-state index in [2.05, 4.69) is 4.72 Å². The van der Waals surface area contributed by atoms with Gasteiger partial charge in [0.15, 0.2) is 0 Å². The number of esters is 1. The maximum atomic E-state index is 13.4. The van der Waals surface area contributed by atoms with Crippen LogP contribution in [-0.2, 0) is 21.2 Å². The van der Waals surface area contributed by atoms with E-state index in [1.54, 1.807) is 38.1 Å². The average molecular weight is 622 g/mol. The highest BCUT2D eigenvalue weighted by atomic mass is 32.2. The summed E-state index contributed by atoms with van der Waals surface area (Å²) in [6.45, 7) is 5.30. The van der Waals surface area contributed by atoms with Gasteiger partial charge in [0.1, 0.15) is 30.0 Å². The van der Waals surface area contributed by atoms with Gasteiger partial charge in [-0.25, -0.2) is 17.9 Å². The number of ether oxygens (including phenoxy) is 3. The molecule has 0 amide bonds. The summed E-state index contributed by atoms with van der Waals surface area (Å²) in [6, 6.07) is 19.2. The first-order chi connectivity index (χ1) is 21.0. The van der Waals surface area contributed by atoms with Gasteiger partial charge in [-0.05, 0) is 74.4 Å². The Hall–Kier alpha value is -4.42. The molecule has 11 nitrogen and oxygen atoms in total. The molecule has 44 heavy (non-hydrogen) atoms. The Balaban J connectivity index is 1.46. The van der Waals surface area contributed by atoms with E-state index >= 15 is 0 Å². The van der Waals surface area contributed by atoms with Gasteiger partial charge in [-0.2, -0.15) is 0 Å². The zero-order valence-electron chi connectivity index (χ0n) is 24.9. The number of nitrogens with zero attached hydrogens (tertiary/aromatic N) is 1. The van der Waals surface area contributed by atoms with E-state index in [0.717, 1.165) is 37.2 Å². The molecule has 3 aromatic carbocycles. The summed E-state index contributed by atoms with van der Waals surface area (Å²) < 4.78 is 46.6. The van der Waals surface area contributed by atoms with Crippen LogP contribution < -0.4 is 19.9 Å². The summed E-state index contributed by atoms with van der Waals surface area (Å²) >= 11 is 0. The third-order valence-electron chi connectivity index (χ3n) is 7.22. The number of nitrogens with one attached hydrogen (secondary N) is 3. The quantitative estimate of drug-likeness (QED) is 0.126. The average Bonchev–Trinajstić information content (AvgIpc) is 3.01. The summed E-state index contributed by atoms with van der Waals surface area (Å²) in [4.78, 5) is 14.0. The molecule has 0 aliphatic carbocycles. The summed E-state index contributed by atoms with van der Waals surface area (Å²) in [7, 11) is -3.98. The van der Waals surface area contributed by atoms with Crippen LogP contribution in [0.3, 0.4) is 0 Å². The van der Waals surface area contributed by atoms with Crippen LogP contribution in [0.5, 0.6) is 11.5 Å². The lowest BCUT2D eigenvalue weighted by molar-refractivity contribution is 0.0526. The van der Waals surface area contributed by atoms with Crippen molar-refractivity contribution in [3.8, 4) is 11.5 Å². The standard InChI is InChI=1S/C32H39N5O6S/c1-3-41-32(38)24-9-13-30(14-10-24)44(39,40)36-26(21-42-29-6-4-5-25(20-29)31(34)35)19-23-7-11-27(12-8-23)43-28-15-17-37(18-16-28)22(2)33/h4-14,20,26,28,33,36H,3,15-19,21H2,1-2H3,(H3,34,35)/t26-/m0/s1. The van der Waals surface area contributed by atoms with Crippen molar-refractivity contribution >= 4 is 27.7 Å². The first-order valence-corrected chi connectivity index (χ1v) is 15.9. The molecule has 3 aromatic rings. The van der Waals surface area contributed by atoms with Crippen LogP contribution >= 0.6 is 0 Å². The number of sulfonamides is 1. The number of likely N-dealkylation sites (tertiary alicyclic amines) is 1. The number of nitrogens with two attached hydrogens (primary N) is 1.